The van der Waals surface area contributed by atoms with Gasteiger partial charge in [0.1, 0.15) is 11.5 Å². The Morgan fingerprint density at radius 2 is 1.96 bits per heavy atom. The van der Waals surface area contributed by atoms with Gasteiger partial charge in [0, 0.05) is 18.6 Å². The van der Waals surface area contributed by atoms with E-state index >= 15 is 0 Å². The lowest BCUT2D eigenvalue weighted by Crippen LogP contribution is -2.50. The molecule has 2 aromatic carbocycles. The molecule has 150 valence electrons. The Balaban J connectivity index is 1.80. The summed E-state index contributed by atoms with van der Waals surface area (Å²) in [4.78, 5) is 14.4. The second kappa shape index (κ2) is 7.89. The molecule has 1 atom stereocenters. The normalized spacial score (nSPS) is 16.1. The number of hydrogen-bond donors (Lipinski definition) is 0. The summed E-state index contributed by atoms with van der Waals surface area (Å²) in [6.07, 6.45) is 0.137. The molecule has 0 aromatic heterocycles. The number of fused-ring (bicyclic) bond motifs is 1. The first-order valence-corrected chi connectivity index (χ1v) is 10.7. The average molecular weight is 425 g/mol. The summed E-state index contributed by atoms with van der Waals surface area (Å²) in [7, 11) is -0.367. The van der Waals surface area contributed by atoms with Gasteiger partial charge >= 0.3 is 0 Å². The van der Waals surface area contributed by atoms with Crippen LogP contribution in [0.4, 0.5) is 5.69 Å². The van der Waals surface area contributed by atoms with E-state index in [1.807, 2.05) is 24.3 Å². The van der Waals surface area contributed by atoms with Gasteiger partial charge in [0.2, 0.25) is 10.0 Å². The van der Waals surface area contributed by atoms with Crippen LogP contribution in [0.15, 0.2) is 42.5 Å². The number of likely N-dealkylation sites (N-methyl/N-ethyl adjacent to an activating group) is 1. The second-order valence-corrected chi connectivity index (χ2v) is 8.90. The van der Waals surface area contributed by atoms with Gasteiger partial charge in [-0.15, -0.1) is 0 Å². The summed E-state index contributed by atoms with van der Waals surface area (Å²) in [5.41, 5.74) is 1.25. The third-order valence-corrected chi connectivity index (χ3v) is 5.80. The maximum atomic E-state index is 12.9. The molecule has 9 heteroatoms. The van der Waals surface area contributed by atoms with Gasteiger partial charge in [-0.05, 0) is 35.9 Å². The molecule has 7 nitrogen and oxygen atoms in total. The zero-order valence-electron chi connectivity index (χ0n) is 15.8. The molecule has 3 rings (SSSR count). The molecule has 1 heterocycles. The quantitative estimate of drug-likeness (QED) is 0.737. The molecule has 1 amide bonds. The van der Waals surface area contributed by atoms with E-state index in [1.54, 1.807) is 26.3 Å². The molecule has 0 fully saturated rings. The van der Waals surface area contributed by atoms with Crippen LogP contribution in [0.3, 0.4) is 0 Å². The summed E-state index contributed by atoms with van der Waals surface area (Å²) in [5.74, 6) is 0.717. The topological polar surface area (TPSA) is 76.2 Å². The van der Waals surface area contributed by atoms with Gasteiger partial charge in [-0.25, -0.2) is 8.42 Å². The van der Waals surface area contributed by atoms with Crippen LogP contribution in [-0.2, 0) is 21.4 Å². The number of carbonyl (C=O) groups is 1. The highest BCUT2D eigenvalue weighted by Gasteiger charge is 2.36. The number of ether oxygens (including phenoxy) is 2. The molecule has 1 unspecified atom stereocenters. The van der Waals surface area contributed by atoms with Crippen molar-refractivity contribution < 1.29 is 22.7 Å². The van der Waals surface area contributed by atoms with E-state index in [-0.39, 0.29) is 12.5 Å². The molecular weight excluding hydrogens is 404 g/mol. The SMILES string of the molecule is COc1ccc(CN(C)C(=O)C2CN(S(C)(=O)=O)c3cc(Cl)ccc3O2)cc1. The Morgan fingerprint density at radius 1 is 1.29 bits per heavy atom. The number of anilines is 1. The molecule has 2 aromatic rings. The second-order valence-electron chi connectivity index (χ2n) is 6.56. The first kappa shape index (κ1) is 20.3. The Hall–Kier alpha value is -2.45. The number of methoxy groups -OCH3 is 1. The summed E-state index contributed by atoms with van der Waals surface area (Å²) >= 11 is 5.99. The molecule has 0 saturated carbocycles. The van der Waals surface area contributed by atoms with Gasteiger partial charge in [0.05, 0.1) is 25.6 Å². The number of nitrogens with zero attached hydrogens (tertiary/aromatic N) is 2. The minimum absolute atomic E-state index is 0.113. The number of rotatable bonds is 5. The first-order chi connectivity index (χ1) is 13.2. The third kappa shape index (κ3) is 4.34. The highest BCUT2D eigenvalue weighted by atomic mass is 35.5. The zero-order valence-corrected chi connectivity index (χ0v) is 17.3. The van der Waals surface area contributed by atoms with Crippen LogP contribution in [0.5, 0.6) is 11.5 Å². The highest BCUT2D eigenvalue weighted by molar-refractivity contribution is 7.92. The summed E-state index contributed by atoms with van der Waals surface area (Å²) < 4.78 is 36.6. The predicted molar refractivity (Wildman–Crippen MR) is 108 cm³/mol. The Kier molecular flexibility index (Phi) is 5.71. The molecule has 28 heavy (non-hydrogen) atoms. The Morgan fingerprint density at radius 3 is 2.57 bits per heavy atom. The molecule has 0 N–H and O–H groups in total. The van der Waals surface area contributed by atoms with Crippen molar-refractivity contribution in [2.45, 2.75) is 12.6 Å². The maximum Gasteiger partial charge on any atom is 0.265 e. The Bertz CT molecular complexity index is 978. The summed E-state index contributed by atoms with van der Waals surface area (Å²) in [6.45, 7) is 0.243. The number of amides is 1. The fourth-order valence-corrected chi connectivity index (χ4v) is 4.07. The molecule has 0 radical (unpaired) electrons. The van der Waals surface area contributed by atoms with E-state index in [2.05, 4.69) is 0 Å². The smallest absolute Gasteiger partial charge is 0.265 e. The van der Waals surface area contributed by atoms with Crippen molar-refractivity contribution in [3.8, 4) is 11.5 Å². The monoisotopic (exact) mass is 424 g/mol. The van der Waals surface area contributed by atoms with Crippen molar-refractivity contribution in [2.24, 2.45) is 0 Å². The van der Waals surface area contributed by atoms with E-state index in [0.717, 1.165) is 21.9 Å². The average Bonchev–Trinajstić information content (AvgIpc) is 2.66. The zero-order chi connectivity index (χ0) is 20.5. The fraction of sp³-hybridized carbons (Fsp3) is 0.316. The largest absolute Gasteiger partial charge is 0.497 e. The van der Waals surface area contributed by atoms with Crippen molar-refractivity contribution in [1.29, 1.82) is 0 Å². The predicted octanol–water partition coefficient (Wildman–Crippen LogP) is 2.53. The van der Waals surface area contributed by atoms with Gasteiger partial charge in [-0.1, -0.05) is 23.7 Å². The highest BCUT2D eigenvalue weighted by Crippen LogP contribution is 2.37. The number of hydrogen-bond acceptors (Lipinski definition) is 5. The maximum absolute atomic E-state index is 12.9. The van der Waals surface area contributed by atoms with E-state index in [4.69, 9.17) is 21.1 Å². The minimum Gasteiger partial charge on any atom is -0.497 e. The van der Waals surface area contributed by atoms with Crippen molar-refractivity contribution in [3.05, 3.63) is 53.1 Å². The van der Waals surface area contributed by atoms with Gasteiger partial charge in [-0.3, -0.25) is 9.10 Å². The van der Waals surface area contributed by atoms with Crippen molar-refractivity contribution >= 4 is 33.2 Å². The van der Waals surface area contributed by atoms with Crippen LogP contribution >= 0.6 is 11.6 Å². The Labute approximate surface area is 169 Å². The van der Waals surface area contributed by atoms with E-state index in [9.17, 15) is 13.2 Å². The first-order valence-electron chi connectivity index (χ1n) is 8.51. The van der Waals surface area contributed by atoms with Crippen LogP contribution in [0, 0.1) is 0 Å². The lowest BCUT2D eigenvalue weighted by molar-refractivity contribution is -0.137. The van der Waals surface area contributed by atoms with E-state index < -0.39 is 16.1 Å². The summed E-state index contributed by atoms with van der Waals surface area (Å²) in [5, 5.41) is 0.386. The van der Waals surface area contributed by atoms with Crippen LogP contribution in [0.25, 0.3) is 0 Å². The van der Waals surface area contributed by atoms with Gasteiger partial charge in [-0.2, -0.15) is 0 Å². The van der Waals surface area contributed by atoms with Crippen molar-refractivity contribution in [3.63, 3.8) is 0 Å². The lowest BCUT2D eigenvalue weighted by atomic mass is 10.1. The van der Waals surface area contributed by atoms with Gasteiger partial charge in [0.25, 0.3) is 5.91 Å². The number of halogens is 1. The van der Waals surface area contributed by atoms with Gasteiger partial charge < -0.3 is 14.4 Å². The molecule has 0 spiro atoms. The van der Waals surface area contributed by atoms with Crippen LogP contribution in [0.1, 0.15) is 5.56 Å². The number of benzene rings is 2. The minimum atomic E-state index is -3.60. The molecule has 0 bridgehead atoms. The van der Waals surface area contributed by atoms with Crippen LogP contribution in [0.2, 0.25) is 5.02 Å². The molecule has 0 aliphatic carbocycles. The molecular formula is C19H21ClN2O5S. The lowest BCUT2D eigenvalue weighted by Gasteiger charge is -2.35. The third-order valence-electron chi connectivity index (χ3n) is 4.42. The standard InChI is InChI=1S/C19H21ClN2O5S/c1-21(11-13-4-7-15(26-2)8-5-13)19(23)18-12-22(28(3,24)25)16-10-14(20)6-9-17(16)27-18/h4-10,18H,11-12H2,1-3H3. The molecule has 0 saturated heterocycles. The van der Waals surface area contributed by atoms with Crippen molar-refractivity contribution in [1.82, 2.24) is 4.90 Å². The fourth-order valence-electron chi connectivity index (χ4n) is 3.00. The van der Waals surface area contributed by atoms with Crippen molar-refractivity contribution in [2.75, 3.05) is 31.3 Å². The van der Waals surface area contributed by atoms with E-state index in [1.165, 1.54) is 11.0 Å². The van der Waals surface area contributed by atoms with Crippen LogP contribution in [-0.4, -0.2) is 52.3 Å². The molecule has 1 aliphatic rings. The summed E-state index contributed by atoms with van der Waals surface area (Å²) in [6, 6.07) is 12.0. The number of carbonyl (C=O) groups excluding carboxylic acids is 1. The van der Waals surface area contributed by atoms with Crippen LogP contribution < -0.4 is 13.8 Å². The van der Waals surface area contributed by atoms with E-state index in [0.29, 0.717) is 23.0 Å². The molecule has 1 aliphatic heterocycles. The van der Waals surface area contributed by atoms with Gasteiger partial charge in [0.15, 0.2) is 6.10 Å². The number of sulfonamides is 1.